The van der Waals surface area contributed by atoms with Crippen LogP contribution in [-0.2, 0) is 0 Å². The van der Waals surface area contributed by atoms with Crippen LogP contribution in [0.25, 0.3) is 60.9 Å². The molecule has 0 saturated heterocycles. The van der Waals surface area contributed by atoms with Crippen LogP contribution >= 0.6 is 0 Å². The Morgan fingerprint density at radius 1 is 0.647 bits per heavy atom. The Morgan fingerprint density at radius 3 is 2.24 bits per heavy atom. The maximum Gasteiger partial charge on any atom is 0.235 e. The highest BCUT2D eigenvalue weighted by Gasteiger charge is 2.19. The number of hydrogen-bond donors (Lipinski definition) is 0. The van der Waals surface area contributed by atoms with Crippen LogP contribution in [0.15, 0.2) is 95.4 Å². The molecule has 3 heterocycles. The highest BCUT2D eigenvalue weighted by atomic mass is 16.3. The molecule has 4 aromatic carbocycles. The summed E-state index contributed by atoms with van der Waals surface area (Å²) in [4.78, 5) is 10.2. The van der Waals surface area contributed by atoms with Gasteiger partial charge in [0.25, 0.3) is 0 Å². The molecule has 3 aromatic heterocycles. The second-order valence-electron chi connectivity index (χ2n) is 8.76. The van der Waals surface area contributed by atoms with Crippen molar-refractivity contribution in [1.29, 1.82) is 0 Å². The van der Waals surface area contributed by atoms with Crippen molar-refractivity contribution < 1.29 is 4.42 Å². The summed E-state index contributed by atoms with van der Waals surface area (Å²) in [5, 5.41) is 4.46. The number of aryl methyl sites for hydroxylation is 2. The molecule has 0 aliphatic rings. The highest BCUT2D eigenvalue weighted by molar-refractivity contribution is 6.13. The standard InChI is InChI=1S/C30H21N3O/c1-18-19(2)34-28-17-24-21-12-7-9-15-26(21)33(27(24)16-23(18)28)30-31-25-14-8-6-13-22(25)29(32-30)20-10-4-3-5-11-20/h3-17H,1-2H3. The van der Waals surface area contributed by atoms with Crippen LogP contribution in [0.4, 0.5) is 0 Å². The van der Waals surface area contributed by atoms with Crippen LogP contribution in [0.5, 0.6) is 0 Å². The van der Waals surface area contributed by atoms with Gasteiger partial charge in [-0.3, -0.25) is 4.57 Å². The molecule has 7 rings (SSSR count). The molecule has 0 N–H and O–H groups in total. The van der Waals surface area contributed by atoms with Crippen LogP contribution in [-0.4, -0.2) is 14.5 Å². The van der Waals surface area contributed by atoms with Crippen LogP contribution < -0.4 is 0 Å². The third kappa shape index (κ3) is 2.66. The monoisotopic (exact) mass is 439 g/mol. The van der Waals surface area contributed by atoms with E-state index in [-0.39, 0.29) is 0 Å². The Labute approximate surface area is 196 Å². The van der Waals surface area contributed by atoms with Gasteiger partial charge in [0.05, 0.1) is 22.2 Å². The van der Waals surface area contributed by atoms with Gasteiger partial charge in [0.15, 0.2) is 0 Å². The Hall–Kier alpha value is -4.44. The molecule has 0 saturated carbocycles. The van der Waals surface area contributed by atoms with Crippen LogP contribution in [0.3, 0.4) is 0 Å². The second kappa shape index (κ2) is 7.03. The molecule has 0 spiro atoms. The summed E-state index contributed by atoms with van der Waals surface area (Å²) < 4.78 is 8.25. The van der Waals surface area contributed by atoms with Crippen molar-refractivity contribution in [3.63, 3.8) is 0 Å². The number of furan rings is 1. The minimum Gasteiger partial charge on any atom is -0.461 e. The lowest BCUT2D eigenvalue weighted by Gasteiger charge is -2.11. The number of fused-ring (bicyclic) bond motifs is 5. The lowest BCUT2D eigenvalue weighted by Crippen LogP contribution is -2.03. The van der Waals surface area contributed by atoms with Gasteiger partial charge in [-0.15, -0.1) is 0 Å². The lowest BCUT2D eigenvalue weighted by molar-refractivity contribution is 0.575. The molecular formula is C30H21N3O. The molecule has 0 unspecified atom stereocenters. The van der Waals surface area contributed by atoms with Crippen LogP contribution in [0.1, 0.15) is 11.3 Å². The Bertz CT molecular complexity index is 1880. The van der Waals surface area contributed by atoms with Crippen LogP contribution in [0, 0.1) is 13.8 Å². The topological polar surface area (TPSA) is 43.9 Å². The predicted molar refractivity (Wildman–Crippen MR) is 139 cm³/mol. The first-order valence-corrected chi connectivity index (χ1v) is 11.4. The number of hydrogen-bond acceptors (Lipinski definition) is 3. The minimum atomic E-state index is 0.668. The number of benzene rings is 4. The molecule has 0 amide bonds. The number of aromatic nitrogens is 3. The number of para-hydroxylation sites is 2. The first-order valence-electron chi connectivity index (χ1n) is 11.4. The first kappa shape index (κ1) is 19.1. The molecule has 0 aliphatic heterocycles. The first-order chi connectivity index (χ1) is 16.7. The molecular weight excluding hydrogens is 418 g/mol. The van der Waals surface area contributed by atoms with Gasteiger partial charge in [0.2, 0.25) is 5.95 Å². The molecule has 0 bridgehead atoms. The smallest absolute Gasteiger partial charge is 0.235 e. The average Bonchev–Trinajstić information content (AvgIpc) is 3.35. The summed E-state index contributed by atoms with van der Waals surface area (Å²) in [6.07, 6.45) is 0. The summed E-state index contributed by atoms with van der Waals surface area (Å²) in [6.45, 7) is 4.13. The molecule has 162 valence electrons. The summed E-state index contributed by atoms with van der Waals surface area (Å²) in [5.74, 6) is 1.62. The van der Waals surface area contributed by atoms with Crippen molar-refractivity contribution in [3.8, 4) is 17.2 Å². The quantitative estimate of drug-likeness (QED) is 0.276. The third-order valence-corrected chi connectivity index (χ3v) is 6.81. The molecule has 34 heavy (non-hydrogen) atoms. The van der Waals surface area contributed by atoms with Gasteiger partial charge in [0.1, 0.15) is 11.3 Å². The Balaban J connectivity index is 1.64. The van der Waals surface area contributed by atoms with E-state index in [1.54, 1.807) is 0 Å². The molecule has 0 atom stereocenters. The zero-order chi connectivity index (χ0) is 22.8. The van der Waals surface area contributed by atoms with Gasteiger partial charge in [-0.25, -0.2) is 9.97 Å². The van der Waals surface area contributed by atoms with Crippen molar-refractivity contribution in [2.75, 3.05) is 0 Å². The van der Waals surface area contributed by atoms with Crippen LogP contribution in [0.2, 0.25) is 0 Å². The van der Waals surface area contributed by atoms with E-state index in [9.17, 15) is 0 Å². The average molecular weight is 440 g/mol. The Morgan fingerprint density at radius 2 is 1.38 bits per heavy atom. The fourth-order valence-corrected chi connectivity index (χ4v) is 5.00. The molecule has 0 radical (unpaired) electrons. The second-order valence-corrected chi connectivity index (χ2v) is 8.76. The van der Waals surface area contributed by atoms with Gasteiger partial charge < -0.3 is 4.42 Å². The highest BCUT2D eigenvalue weighted by Crippen LogP contribution is 2.37. The summed E-state index contributed by atoms with van der Waals surface area (Å²) >= 11 is 0. The fourth-order valence-electron chi connectivity index (χ4n) is 5.00. The van der Waals surface area contributed by atoms with E-state index in [1.165, 1.54) is 0 Å². The summed E-state index contributed by atoms with van der Waals surface area (Å²) in [6, 6.07) is 31.4. The van der Waals surface area contributed by atoms with E-state index in [2.05, 4.69) is 72.2 Å². The minimum absolute atomic E-state index is 0.668. The molecule has 0 fully saturated rings. The maximum atomic E-state index is 6.06. The van der Waals surface area contributed by atoms with E-state index >= 15 is 0 Å². The van der Waals surface area contributed by atoms with Gasteiger partial charge >= 0.3 is 0 Å². The molecule has 7 aromatic rings. The van der Waals surface area contributed by atoms with Crippen molar-refractivity contribution >= 4 is 43.7 Å². The largest absolute Gasteiger partial charge is 0.461 e. The normalized spacial score (nSPS) is 11.8. The summed E-state index contributed by atoms with van der Waals surface area (Å²) in [7, 11) is 0. The van der Waals surface area contributed by atoms with E-state index in [4.69, 9.17) is 14.4 Å². The van der Waals surface area contributed by atoms with Gasteiger partial charge in [-0.1, -0.05) is 66.7 Å². The molecule has 0 aliphatic carbocycles. The maximum absolute atomic E-state index is 6.06. The van der Waals surface area contributed by atoms with Crippen molar-refractivity contribution in [2.24, 2.45) is 0 Å². The van der Waals surface area contributed by atoms with Crippen molar-refractivity contribution in [2.45, 2.75) is 13.8 Å². The van der Waals surface area contributed by atoms with Gasteiger partial charge in [-0.05, 0) is 43.7 Å². The third-order valence-electron chi connectivity index (χ3n) is 6.81. The predicted octanol–water partition coefficient (Wildman–Crippen LogP) is 7.76. The zero-order valence-corrected chi connectivity index (χ0v) is 18.9. The summed E-state index contributed by atoms with van der Waals surface area (Å²) in [5.41, 5.74) is 7.16. The van der Waals surface area contributed by atoms with Crippen molar-refractivity contribution in [3.05, 3.63) is 102 Å². The fraction of sp³-hybridized carbons (Fsp3) is 0.0667. The number of nitrogens with zero attached hydrogens (tertiary/aromatic N) is 3. The van der Waals surface area contributed by atoms with E-state index < -0.39 is 0 Å². The number of rotatable bonds is 2. The van der Waals surface area contributed by atoms with E-state index in [1.807, 2.05) is 37.3 Å². The van der Waals surface area contributed by atoms with E-state index in [0.29, 0.717) is 5.95 Å². The van der Waals surface area contributed by atoms with E-state index in [0.717, 1.165) is 66.3 Å². The SMILES string of the molecule is Cc1oc2cc3c4ccccc4n(-c4nc(-c5ccccc5)c5ccccc5n4)c3cc2c1C. The van der Waals surface area contributed by atoms with Gasteiger partial charge in [0, 0.05) is 27.1 Å². The van der Waals surface area contributed by atoms with Gasteiger partial charge in [-0.2, -0.15) is 0 Å². The Kier molecular flexibility index (Phi) is 3.94. The lowest BCUT2D eigenvalue weighted by atomic mass is 10.1. The molecule has 4 heteroatoms. The zero-order valence-electron chi connectivity index (χ0n) is 18.9. The molecule has 4 nitrogen and oxygen atoms in total. The van der Waals surface area contributed by atoms with Crippen molar-refractivity contribution in [1.82, 2.24) is 14.5 Å².